The number of nitrogens with zero attached hydrogens (tertiary/aromatic N) is 1. The molecule has 0 aliphatic heterocycles. The molecule has 4 aromatic rings. The molecule has 0 aliphatic rings. The van der Waals surface area contributed by atoms with Crippen molar-refractivity contribution < 1.29 is 19.4 Å². The number of carbonyl (C=O) groups excluding carboxylic acids is 1. The first-order valence-corrected chi connectivity index (χ1v) is 9.20. The van der Waals surface area contributed by atoms with Gasteiger partial charge in [-0.05, 0) is 42.3 Å². The Morgan fingerprint density at radius 2 is 1.62 bits per heavy atom. The molecule has 144 valence electrons. The van der Waals surface area contributed by atoms with Crippen LogP contribution in [0.3, 0.4) is 0 Å². The van der Waals surface area contributed by atoms with Crippen LogP contribution in [0.5, 0.6) is 5.75 Å². The number of aryl methyl sites for hydroxylation is 1. The van der Waals surface area contributed by atoms with Crippen LogP contribution in [0.2, 0.25) is 0 Å². The summed E-state index contributed by atoms with van der Waals surface area (Å²) in [5.41, 5.74) is 4.05. The van der Waals surface area contributed by atoms with Crippen LogP contribution in [-0.4, -0.2) is 21.3 Å². The number of hydrogen-bond acceptors (Lipinski definition) is 3. The Balaban J connectivity index is 1.67. The number of aromatic carboxylic acids is 1. The molecule has 5 nitrogen and oxygen atoms in total. The van der Waals surface area contributed by atoms with E-state index in [1.165, 1.54) is 24.3 Å². The zero-order valence-electron chi connectivity index (χ0n) is 15.8. The minimum Gasteiger partial charge on any atom is -0.487 e. The van der Waals surface area contributed by atoms with Crippen LogP contribution in [0, 0.1) is 6.92 Å². The van der Waals surface area contributed by atoms with E-state index in [-0.39, 0.29) is 11.3 Å². The average molecular weight is 385 g/mol. The Kier molecular flexibility index (Phi) is 4.87. The van der Waals surface area contributed by atoms with Crippen molar-refractivity contribution in [3.05, 3.63) is 107 Å². The first-order valence-electron chi connectivity index (χ1n) is 9.20. The van der Waals surface area contributed by atoms with E-state index < -0.39 is 5.97 Å². The summed E-state index contributed by atoms with van der Waals surface area (Å²) < 4.78 is 7.84. The third-order valence-corrected chi connectivity index (χ3v) is 4.91. The summed E-state index contributed by atoms with van der Waals surface area (Å²) in [4.78, 5) is 24.1. The second-order valence-electron chi connectivity index (χ2n) is 6.78. The van der Waals surface area contributed by atoms with Gasteiger partial charge >= 0.3 is 5.97 Å². The zero-order chi connectivity index (χ0) is 20.4. The highest BCUT2D eigenvalue weighted by molar-refractivity contribution is 6.09. The van der Waals surface area contributed by atoms with Gasteiger partial charge in [0.1, 0.15) is 12.4 Å². The van der Waals surface area contributed by atoms with E-state index in [4.69, 9.17) is 9.84 Å². The lowest BCUT2D eigenvalue weighted by atomic mass is 10.1. The largest absolute Gasteiger partial charge is 0.487 e. The lowest BCUT2D eigenvalue weighted by Crippen LogP contribution is -2.05. The molecular formula is C24H19NO4. The Hall–Kier alpha value is -3.86. The molecular weight excluding hydrogens is 366 g/mol. The first-order chi connectivity index (χ1) is 14.0. The predicted molar refractivity (Wildman–Crippen MR) is 110 cm³/mol. The molecule has 1 N–H and O–H groups in total. The molecule has 0 saturated carbocycles. The van der Waals surface area contributed by atoms with E-state index in [1.807, 2.05) is 55.6 Å². The van der Waals surface area contributed by atoms with Gasteiger partial charge in [0.05, 0.1) is 16.8 Å². The van der Waals surface area contributed by atoms with Crippen LogP contribution in [0.25, 0.3) is 5.52 Å². The van der Waals surface area contributed by atoms with E-state index in [1.54, 1.807) is 10.5 Å². The van der Waals surface area contributed by atoms with E-state index in [9.17, 15) is 9.59 Å². The highest BCUT2D eigenvalue weighted by Gasteiger charge is 2.18. The van der Waals surface area contributed by atoms with Crippen LogP contribution >= 0.6 is 0 Å². The molecule has 29 heavy (non-hydrogen) atoms. The van der Waals surface area contributed by atoms with E-state index in [0.29, 0.717) is 23.6 Å². The van der Waals surface area contributed by atoms with E-state index in [2.05, 4.69) is 0 Å². The predicted octanol–water partition coefficient (Wildman–Crippen LogP) is 4.76. The summed E-state index contributed by atoms with van der Waals surface area (Å²) in [5.74, 6) is -0.600. The summed E-state index contributed by atoms with van der Waals surface area (Å²) >= 11 is 0. The minimum atomic E-state index is -1.02. The number of aromatic nitrogens is 1. The van der Waals surface area contributed by atoms with E-state index in [0.717, 1.165) is 16.6 Å². The fourth-order valence-electron chi connectivity index (χ4n) is 3.25. The van der Waals surface area contributed by atoms with Gasteiger partial charge in [-0.3, -0.25) is 4.79 Å². The first kappa shape index (κ1) is 18.5. The molecule has 0 radical (unpaired) electrons. The van der Waals surface area contributed by atoms with Gasteiger partial charge in [0.25, 0.3) is 0 Å². The van der Waals surface area contributed by atoms with Crippen LogP contribution in [0.15, 0.2) is 79.0 Å². The monoisotopic (exact) mass is 385 g/mol. The molecule has 0 saturated heterocycles. The van der Waals surface area contributed by atoms with E-state index >= 15 is 0 Å². The number of pyridine rings is 1. The lowest BCUT2D eigenvalue weighted by molar-refractivity contribution is 0.0696. The van der Waals surface area contributed by atoms with Crippen LogP contribution < -0.4 is 4.74 Å². The Labute approximate surface area is 167 Å². The van der Waals surface area contributed by atoms with Crippen molar-refractivity contribution in [3.8, 4) is 5.75 Å². The van der Waals surface area contributed by atoms with Crippen molar-refractivity contribution in [1.82, 2.24) is 4.40 Å². The van der Waals surface area contributed by atoms with Gasteiger partial charge in [-0.1, -0.05) is 42.5 Å². The highest BCUT2D eigenvalue weighted by atomic mass is 16.5. The van der Waals surface area contributed by atoms with Crippen molar-refractivity contribution in [2.24, 2.45) is 0 Å². The van der Waals surface area contributed by atoms with Crippen LogP contribution in [-0.2, 0) is 6.61 Å². The fraction of sp³-hybridized carbons (Fsp3) is 0.0833. The number of carboxylic acids is 1. The smallest absolute Gasteiger partial charge is 0.335 e. The topological polar surface area (TPSA) is 68.0 Å². The molecule has 0 fully saturated rings. The fourth-order valence-corrected chi connectivity index (χ4v) is 3.25. The van der Waals surface area contributed by atoms with Gasteiger partial charge in [0.2, 0.25) is 5.78 Å². The number of carbonyl (C=O) groups is 2. The van der Waals surface area contributed by atoms with Gasteiger partial charge < -0.3 is 14.2 Å². The molecule has 2 aromatic heterocycles. The molecule has 0 spiro atoms. The number of fused-ring (bicyclic) bond motifs is 1. The maximum atomic E-state index is 13.1. The maximum Gasteiger partial charge on any atom is 0.335 e. The standard InChI is InChI=1S/C24H19NO4/c1-16-6-2-3-7-19(16)15-29-22-14-21(25-13-5-4-8-20(22)25)23(26)17-9-11-18(12-10-17)24(27)28/h2-14H,15H2,1H3,(H,27,28). The molecule has 5 heteroatoms. The van der Waals surface area contributed by atoms with Crippen molar-refractivity contribution in [3.63, 3.8) is 0 Å². The molecule has 0 aliphatic carbocycles. The Morgan fingerprint density at radius 1 is 0.931 bits per heavy atom. The van der Waals surface area contributed by atoms with Gasteiger partial charge in [-0.15, -0.1) is 0 Å². The summed E-state index contributed by atoms with van der Waals surface area (Å²) in [6, 6.07) is 21.3. The summed E-state index contributed by atoms with van der Waals surface area (Å²) in [6.45, 7) is 2.44. The average Bonchev–Trinajstić information content (AvgIpc) is 3.11. The number of ether oxygens (including phenoxy) is 1. The number of hydrogen-bond donors (Lipinski definition) is 1. The van der Waals surface area contributed by atoms with Gasteiger partial charge in [0.15, 0.2) is 0 Å². The Bertz CT molecular complexity index is 1210. The summed E-state index contributed by atoms with van der Waals surface area (Å²) in [6.07, 6.45) is 1.81. The molecule has 0 atom stereocenters. The molecule has 4 rings (SSSR count). The zero-order valence-corrected chi connectivity index (χ0v) is 15.8. The normalized spacial score (nSPS) is 10.8. The molecule has 0 unspecified atom stereocenters. The van der Waals surface area contributed by atoms with Crippen molar-refractivity contribution in [2.45, 2.75) is 13.5 Å². The highest BCUT2D eigenvalue weighted by Crippen LogP contribution is 2.27. The van der Waals surface area contributed by atoms with Gasteiger partial charge in [0, 0.05) is 17.8 Å². The molecule has 0 bridgehead atoms. The number of benzene rings is 2. The third kappa shape index (κ3) is 3.62. The second-order valence-corrected chi connectivity index (χ2v) is 6.78. The Morgan fingerprint density at radius 3 is 2.34 bits per heavy atom. The summed E-state index contributed by atoms with van der Waals surface area (Å²) in [7, 11) is 0. The van der Waals surface area contributed by atoms with Crippen molar-refractivity contribution >= 4 is 17.3 Å². The molecule has 0 amide bonds. The number of rotatable bonds is 6. The number of ketones is 1. The lowest BCUT2D eigenvalue weighted by Gasteiger charge is -2.07. The maximum absolute atomic E-state index is 13.1. The quantitative estimate of drug-likeness (QED) is 0.486. The number of carboxylic acid groups (broad SMARTS) is 1. The third-order valence-electron chi connectivity index (χ3n) is 4.91. The van der Waals surface area contributed by atoms with Gasteiger partial charge in [-0.2, -0.15) is 0 Å². The minimum absolute atomic E-state index is 0.142. The SMILES string of the molecule is Cc1ccccc1COc1cc(C(=O)c2ccc(C(=O)O)cc2)n2ccccc12. The van der Waals surface area contributed by atoms with Gasteiger partial charge in [-0.25, -0.2) is 4.79 Å². The molecule has 2 aromatic carbocycles. The van der Waals surface area contributed by atoms with Crippen LogP contribution in [0.1, 0.15) is 37.5 Å². The second kappa shape index (κ2) is 7.64. The van der Waals surface area contributed by atoms with Crippen molar-refractivity contribution in [1.29, 1.82) is 0 Å². The van der Waals surface area contributed by atoms with Crippen molar-refractivity contribution in [2.75, 3.05) is 0 Å². The van der Waals surface area contributed by atoms with Crippen LogP contribution in [0.4, 0.5) is 0 Å². The molecule has 2 heterocycles. The summed E-state index contributed by atoms with van der Waals surface area (Å²) in [5, 5.41) is 9.04.